The highest BCUT2D eigenvalue weighted by atomic mass is 79.9. The maximum absolute atomic E-state index is 12.3. The predicted octanol–water partition coefficient (Wildman–Crippen LogP) is 3.57. The van der Waals surface area contributed by atoms with Crippen LogP contribution >= 0.6 is 15.9 Å². The second-order valence-electron chi connectivity index (χ2n) is 4.76. The first-order valence-electron chi connectivity index (χ1n) is 6.21. The van der Waals surface area contributed by atoms with Crippen molar-refractivity contribution in [1.29, 1.82) is 0 Å². The van der Waals surface area contributed by atoms with Gasteiger partial charge in [0.15, 0.2) is 0 Å². The summed E-state index contributed by atoms with van der Waals surface area (Å²) in [5.74, 6) is -0.205. The molecule has 1 aromatic carbocycles. The van der Waals surface area contributed by atoms with Crippen LogP contribution in [0.5, 0.6) is 5.75 Å². The third kappa shape index (κ3) is 4.96. The van der Waals surface area contributed by atoms with Crippen LogP contribution in [0.25, 0.3) is 0 Å². The fourth-order valence-electron chi connectivity index (χ4n) is 2.20. The Morgan fingerprint density at radius 3 is 2.80 bits per heavy atom. The van der Waals surface area contributed by atoms with Gasteiger partial charge in [-0.25, -0.2) is 0 Å². The molecular weight excluding hydrogens is 339 g/mol. The number of morpholine rings is 1. The molecule has 0 N–H and O–H groups in total. The lowest BCUT2D eigenvalue weighted by molar-refractivity contribution is -0.274. The summed E-state index contributed by atoms with van der Waals surface area (Å²) in [5, 5.41) is 0. The third-order valence-electron chi connectivity index (χ3n) is 2.90. The zero-order chi connectivity index (χ0) is 14.8. The third-order valence-corrected chi connectivity index (χ3v) is 3.35. The number of halogens is 4. The molecule has 1 atom stereocenters. The molecular formula is C13H15BrF3NO2. The van der Waals surface area contributed by atoms with E-state index in [1.54, 1.807) is 6.07 Å². The maximum Gasteiger partial charge on any atom is 0.573 e. The van der Waals surface area contributed by atoms with Gasteiger partial charge in [-0.3, -0.25) is 4.90 Å². The molecule has 1 saturated heterocycles. The van der Waals surface area contributed by atoms with Gasteiger partial charge >= 0.3 is 6.36 Å². The number of nitrogens with zero attached hydrogens (tertiary/aromatic N) is 1. The van der Waals surface area contributed by atoms with Gasteiger partial charge in [-0.15, -0.1) is 13.2 Å². The van der Waals surface area contributed by atoms with E-state index in [0.717, 1.165) is 18.7 Å². The monoisotopic (exact) mass is 353 g/mol. The zero-order valence-corrected chi connectivity index (χ0v) is 12.5. The van der Waals surface area contributed by atoms with Crippen LogP contribution in [0.15, 0.2) is 22.7 Å². The molecule has 1 aliphatic rings. The van der Waals surface area contributed by atoms with Crippen LogP contribution in [-0.4, -0.2) is 37.1 Å². The minimum absolute atomic E-state index is 0.141. The van der Waals surface area contributed by atoms with Crippen molar-refractivity contribution in [1.82, 2.24) is 4.90 Å². The van der Waals surface area contributed by atoms with Gasteiger partial charge < -0.3 is 9.47 Å². The molecule has 1 heterocycles. The predicted molar refractivity (Wildman–Crippen MR) is 71.5 cm³/mol. The highest BCUT2D eigenvalue weighted by molar-refractivity contribution is 9.10. The first-order chi connectivity index (χ1) is 9.32. The lowest BCUT2D eigenvalue weighted by Crippen LogP contribution is -2.40. The van der Waals surface area contributed by atoms with E-state index in [4.69, 9.17) is 4.74 Å². The number of hydrogen-bond acceptors (Lipinski definition) is 3. The largest absolute Gasteiger partial charge is 0.573 e. The Labute approximate surface area is 123 Å². The molecule has 0 saturated carbocycles. The Hall–Kier alpha value is -0.790. The van der Waals surface area contributed by atoms with Gasteiger partial charge in [0.25, 0.3) is 0 Å². The molecule has 7 heteroatoms. The van der Waals surface area contributed by atoms with E-state index in [9.17, 15) is 13.2 Å². The molecule has 0 radical (unpaired) electrons. The summed E-state index contributed by atoms with van der Waals surface area (Å²) in [5.41, 5.74) is 0.771. The number of ether oxygens (including phenoxy) is 2. The minimum Gasteiger partial charge on any atom is -0.406 e. The van der Waals surface area contributed by atoms with Crippen LogP contribution in [0.2, 0.25) is 0 Å². The second kappa shape index (κ2) is 6.32. The Morgan fingerprint density at radius 1 is 1.40 bits per heavy atom. The molecule has 2 rings (SSSR count). The zero-order valence-electron chi connectivity index (χ0n) is 10.9. The highest BCUT2D eigenvalue weighted by Gasteiger charge is 2.31. The molecule has 112 valence electrons. The average Bonchev–Trinajstić information content (AvgIpc) is 2.25. The standard InChI is InChI=1S/C13H15BrF3NO2/c1-9-7-18(2-3-19-9)8-10-4-11(14)6-12(5-10)20-13(15,16)17/h4-6,9H,2-3,7-8H2,1H3. The van der Waals surface area contributed by atoms with Crippen LogP contribution in [0, 0.1) is 0 Å². The molecule has 0 aliphatic carbocycles. The Kier molecular flexibility index (Phi) is 4.93. The lowest BCUT2D eigenvalue weighted by atomic mass is 10.2. The van der Waals surface area contributed by atoms with E-state index in [0.29, 0.717) is 17.6 Å². The fraction of sp³-hybridized carbons (Fsp3) is 0.538. The molecule has 1 aliphatic heterocycles. The van der Waals surface area contributed by atoms with Crippen molar-refractivity contribution in [3.8, 4) is 5.75 Å². The normalized spacial score (nSPS) is 20.9. The van der Waals surface area contributed by atoms with Crippen molar-refractivity contribution < 1.29 is 22.6 Å². The SMILES string of the molecule is CC1CN(Cc2cc(Br)cc(OC(F)(F)F)c2)CCO1. The number of hydrogen-bond donors (Lipinski definition) is 0. The maximum atomic E-state index is 12.3. The van der Waals surface area contributed by atoms with Crippen LogP contribution < -0.4 is 4.74 Å². The first kappa shape index (κ1) is 15.6. The number of alkyl halides is 3. The van der Waals surface area contributed by atoms with Crippen molar-refractivity contribution in [2.75, 3.05) is 19.7 Å². The minimum atomic E-state index is -4.68. The van der Waals surface area contributed by atoms with Gasteiger partial charge in [0.2, 0.25) is 0 Å². The van der Waals surface area contributed by atoms with Gasteiger partial charge in [0.1, 0.15) is 5.75 Å². The quantitative estimate of drug-likeness (QED) is 0.829. The van der Waals surface area contributed by atoms with Crippen LogP contribution in [0.4, 0.5) is 13.2 Å². The summed E-state index contributed by atoms with van der Waals surface area (Å²) < 4.78 is 46.7. The lowest BCUT2D eigenvalue weighted by Gasteiger charge is -2.31. The number of benzene rings is 1. The summed E-state index contributed by atoms with van der Waals surface area (Å²) in [6, 6.07) is 4.51. The summed E-state index contributed by atoms with van der Waals surface area (Å²) in [7, 11) is 0. The summed E-state index contributed by atoms with van der Waals surface area (Å²) in [6.45, 7) is 4.72. The van der Waals surface area contributed by atoms with Crippen molar-refractivity contribution >= 4 is 15.9 Å². The van der Waals surface area contributed by atoms with E-state index in [-0.39, 0.29) is 11.9 Å². The van der Waals surface area contributed by atoms with Gasteiger partial charge in [-0.05, 0) is 30.7 Å². The molecule has 3 nitrogen and oxygen atoms in total. The molecule has 0 aromatic heterocycles. The van der Waals surface area contributed by atoms with Crippen LogP contribution in [-0.2, 0) is 11.3 Å². The molecule has 1 aromatic rings. The van der Waals surface area contributed by atoms with Gasteiger partial charge in [-0.1, -0.05) is 15.9 Å². The summed E-state index contributed by atoms with van der Waals surface area (Å²) >= 11 is 3.21. The molecule has 1 unspecified atom stereocenters. The molecule has 20 heavy (non-hydrogen) atoms. The second-order valence-corrected chi connectivity index (χ2v) is 5.68. The van der Waals surface area contributed by atoms with E-state index in [1.807, 2.05) is 6.92 Å². The molecule has 0 spiro atoms. The van der Waals surface area contributed by atoms with E-state index in [2.05, 4.69) is 25.6 Å². The van der Waals surface area contributed by atoms with Gasteiger partial charge in [0, 0.05) is 24.1 Å². The first-order valence-corrected chi connectivity index (χ1v) is 7.00. The van der Waals surface area contributed by atoms with Crippen LogP contribution in [0.1, 0.15) is 12.5 Å². The Morgan fingerprint density at radius 2 is 2.15 bits per heavy atom. The van der Waals surface area contributed by atoms with E-state index >= 15 is 0 Å². The van der Waals surface area contributed by atoms with Gasteiger partial charge in [0.05, 0.1) is 12.7 Å². The molecule has 1 fully saturated rings. The molecule has 0 bridgehead atoms. The molecule has 0 amide bonds. The summed E-state index contributed by atoms with van der Waals surface area (Å²) in [4.78, 5) is 2.15. The Balaban J connectivity index is 2.07. The van der Waals surface area contributed by atoms with E-state index in [1.165, 1.54) is 12.1 Å². The average molecular weight is 354 g/mol. The van der Waals surface area contributed by atoms with Crippen molar-refractivity contribution in [2.45, 2.75) is 25.9 Å². The fourth-order valence-corrected chi connectivity index (χ4v) is 2.72. The van der Waals surface area contributed by atoms with Crippen molar-refractivity contribution in [2.24, 2.45) is 0 Å². The van der Waals surface area contributed by atoms with Gasteiger partial charge in [-0.2, -0.15) is 0 Å². The number of rotatable bonds is 3. The van der Waals surface area contributed by atoms with Crippen LogP contribution in [0.3, 0.4) is 0 Å². The Bertz CT molecular complexity index is 467. The summed E-state index contributed by atoms with van der Waals surface area (Å²) in [6.07, 6.45) is -4.53. The topological polar surface area (TPSA) is 21.7 Å². The smallest absolute Gasteiger partial charge is 0.406 e. The van der Waals surface area contributed by atoms with E-state index < -0.39 is 6.36 Å². The highest BCUT2D eigenvalue weighted by Crippen LogP contribution is 2.28. The van der Waals surface area contributed by atoms with Crippen molar-refractivity contribution in [3.05, 3.63) is 28.2 Å². The van der Waals surface area contributed by atoms with Crippen molar-refractivity contribution in [3.63, 3.8) is 0 Å².